The topological polar surface area (TPSA) is 95.2 Å². The molecule has 2 aromatic carbocycles. The molecule has 1 aromatic heterocycles. The smallest absolute Gasteiger partial charge is 0.333 e. The molecule has 0 bridgehead atoms. The van der Waals surface area contributed by atoms with Gasteiger partial charge in [-0.3, -0.25) is 14.9 Å². The third kappa shape index (κ3) is 3.07. The van der Waals surface area contributed by atoms with E-state index in [-0.39, 0.29) is 12.1 Å². The van der Waals surface area contributed by atoms with Crippen LogP contribution in [0.2, 0.25) is 0 Å². The van der Waals surface area contributed by atoms with Crippen LogP contribution in [0.4, 0.5) is 10.5 Å². The molecule has 7 nitrogen and oxygen atoms in total. The van der Waals surface area contributed by atoms with Crippen molar-refractivity contribution >= 4 is 40.5 Å². The van der Waals surface area contributed by atoms with Gasteiger partial charge in [0.15, 0.2) is 0 Å². The van der Waals surface area contributed by atoms with Crippen LogP contribution in [-0.4, -0.2) is 22.4 Å². The summed E-state index contributed by atoms with van der Waals surface area (Å²) in [6.07, 6.45) is 3.18. The largest absolute Gasteiger partial charge is 0.335 e. The van der Waals surface area contributed by atoms with E-state index in [9.17, 15) is 14.4 Å². The molecular formula is C22H16N4O3. The average molecular weight is 384 g/mol. The Hall–Kier alpha value is -4.18. The number of amides is 4. The van der Waals surface area contributed by atoms with E-state index in [2.05, 4.69) is 11.4 Å². The van der Waals surface area contributed by atoms with Gasteiger partial charge >= 0.3 is 6.03 Å². The van der Waals surface area contributed by atoms with Gasteiger partial charge in [0.05, 0.1) is 11.8 Å². The first kappa shape index (κ1) is 18.2. The van der Waals surface area contributed by atoms with Crippen LogP contribution in [0, 0.1) is 18.3 Å². The Bertz CT molecular complexity index is 1250. The lowest BCUT2D eigenvalue weighted by molar-refractivity contribution is -0.122. The van der Waals surface area contributed by atoms with Crippen molar-refractivity contribution in [2.75, 3.05) is 4.90 Å². The van der Waals surface area contributed by atoms with E-state index in [0.717, 1.165) is 21.4 Å². The highest BCUT2D eigenvalue weighted by molar-refractivity contribution is 6.39. The van der Waals surface area contributed by atoms with Crippen LogP contribution in [0.1, 0.15) is 11.1 Å². The van der Waals surface area contributed by atoms with E-state index >= 15 is 0 Å². The van der Waals surface area contributed by atoms with Gasteiger partial charge in [0, 0.05) is 22.7 Å². The van der Waals surface area contributed by atoms with Crippen molar-refractivity contribution in [3.8, 4) is 6.07 Å². The molecule has 7 heteroatoms. The fraction of sp³-hybridized carbons (Fsp3) is 0.0909. The Labute approximate surface area is 166 Å². The maximum atomic E-state index is 13.1. The van der Waals surface area contributed by atoms with Crippen molar-refractivity contribution in [1.82, 2.24) is 9.88 Å². The number of hydrogen-bond donors (Lipinski definition) is 1. The number of hydrogen-bond acceptors (Lipinski definition) is 4. The van der Waals surface area contributed by atoms with Gasteiger partial charge in [-0.25, -0.2) is 9.69 Å². The summed E-state index contributed by atoms with van der Waals surface area (Å²) < 4.78 is 1.75. The van der Waals surface area contributed by atoms with Crippen LogP contribution >= 0.6 is 0 Å². The molecule has 3 aromatic rings. The van der Waals surface area contributed by atoms with Gasteiger partial charge in [0.2, 0.25) is 0 Å². The highest BCUT2D eigenvalue weighted by Crippen LogP contribution is 2.27. The summed E-state index contributed by atoms with van der Waals surface area (Å²) in [5, 5.41) is 12.1. The Kier molecular flexibility index (Phi) is 4.45. The number of aryl methyl sites for hydroxylation is 1. The molecule has 0 aliphatic carbocycles. The lowest BCUT2D eigenvalue weighted by Gasteiger charge is -2.27. The summed E-state index contributed by atoms with van der Waals surface area (Å²) in [4.78, 5) is 38.9. The summed E-state index contributed by atoms with van der Waals surface area (Å²) in [6, 6.07) is 15.7. The first-order valence-electron chi connectivity index (χ1n) is 8.93. The number of imide groups is 2. The number of nitriles is 1. The number of fused-ring (bicyclic) bond motifs is 1. The molecule has 0 radical (unpaired) electrons. The molecule has 0 unspecified atom stereocenters. The molecule has 142 valence electrons. The summed E-state index contributed by atoms with van der Waals surface area (Å²) in [7, 11) is 0. The van der Waals surface area contributed by atoms with Gasteiger partial charge in [-0.2, -0.15) is 5.26 Å². The number of urea groups is 1. The van der Waals surface area contributed by atoms with Gasteiger partial charge < -0.3 is 4.57 Å². The van der Waals surface area contributed by atoms with Crippen LogP contribution in [0.5, 0.6) is 0 Å². The van der Waals surface area contributed by atoms with E-state index in [0.29, 0.717) is 11.3 Å². The van der Waals surface area contributed by atoms with Crippen LogP contribution < -0.4 is 10.2 Å². The molecule has 0 spiro atoms. The van der Waals surface area contributed by atoms with Crippen molar-refractivity contribution in [1.29, 1.82) is 5.26 Å². The fourth-order valence-corrected chi connectivity index (χ4v) is 3.44. The molecule has 4 amide bonds. The minimum Gasteiger partial charge on any atom is -0.333 e. The predicted octanol–water partition coefficient (Wildman–Crippen LogP) is 3.14. The highest BCUT2D eigenvalue weighted by Gasteiger charge is 2.37. The molecule has 0 saturated carbocycles. The van der Waals surface area contributed by atoms with Gasteiger partial charge in [0.1, 0.15) is 12.1 Å². The number of para-hydroxylation sites is 2. The zero-order chi connectivity index (χ0) is 20.5. The standard InChI is InChI=1S/C22H16N4O3/c1-14-6-2-4-8-18(14)26-21(28)17(20(27)24-22(26)29)12-15-13-25(11-10-23)19-9-5-3-7-16(15)19/h2-9,12-13H,11H2,1H3,(H,24,27,29)/b17-12+. The maximum Gasteiger partial charge on any atom is 0.335 e. The summed E-state index contributed by atoms with van der Waals surface area (Å²) in [5.74, 6) is -1.44. The number of anilines is 1. The number of nitrogens with zero attached hydrogens (tertiary/aromatic N) is 3. The molecule has 1 aliphatic rings. The highest BCUT2D eigenvalue weighted by atomic mass is 16.2. The average Bonchev–Trinajstić information content (AvgIpc) is 3.04. The van der Waals surface area contributed by atoms with Crippen molar-refractivity contribution in [3.63, 3.8) is 0 Å². The summed E-state index contributed by atoms with van der Waals surface area (Å²) in [5.41, 5.74) is 2.44. The van der Waals surface area contributed by atoms with Crippen molar-refractivity contribution in [3.05, 3.63) is 71.4 Å². The number of benzene rings is 2. The number of rotatable bonds is 3. The SMILES string of the molecule is Cc1ccccc1N1C(=O)NC(=O)/C(=C\c2cn(CC#N)c3ccccc23)C1=O. The lowest BCUT2D eigenvalue weighted by atomic mass is 10.1. The molecule has 1 N–H and O–H groups in total. The van der Waals surface area contributed by atoms with Crippen LogP contribution in [0.3, 0.4) is 0 Å². The Morgan fingerprint density at radius 2 is 1.79 bits per heavy atom. The van der Waals surface area contributed by atoms with Gasteiger partial charge in [-0.15, -0.1) is 0 Å². The van der Waals surface area contributed by atoms with Crippen LogP contribution in [0.25, 0.3) is 17.0 Å². The van der Waals surface area contributed by atoms with Crippen LogP contribution in [-0.2, 0) is 16.1 Å². The van der Waals surface area contributed by atoms with Gasteiger partial charge in [-0.1, -0.05) is 36.4 Å². The number of aromatic nitrogens is 1. The molecule has 1 aliphatic heterocycles. The molecule has 29 heavy (non-hydrogen) atoms. The second kappa shape index (κ2) is 7.09. The molecule has 2 heterocycles. The lowest BCUT2D eigenvalue weighted by Crippen LogP contribution is -2.54. The zero-order valence-corrected chi connectivity index (χ0v) is 15.5. The quantitative estimate of drug-likeness (QED) is 0.554. The summed E-state index contributed by atoms with van der Waals surface area (Å²) >= 11 is 0. The van der Waals surface area contributed by atoms with E-state index in [1.807, 2.05) is 24.3 Å². The summed E-state index contributed by atoms with van der Waals surface area (Å²) in [6.45, 7) is 1.92. The van der Waals surface area contributed by atoms with E-state index < -0.39 is 17.8 Å². The molecule has 1 saturated heterocycles. The zero-order valence-electron chi connectivity index (χ0n) is 15.5. The first-order valence-corrected chi connectivity index (χ1v) is 8.93. The Morgan fingerprint density at radius 3 is 2.55 bits per heavy atom. The normalized spacial score (nSPS) is 15.7. The van der Waals surface area contributed by atoms with Crippen molar-refractivity contribution < 1.29 is 14.4 Å². The third-order valence-corrected chi connectivity index (χ3v) is 4.82. The monoisotopic (exact) mass is 384 g/mol. The molecular weight excluding hydrogens is 368 g/mol. The van der Waals surface area contributed by atoms with Crippen molar-refractivity contribution in [2.45, 2.75) is 13.5 Å². The van der Waals surface area contributed by atoms with Gasteiger partial charge in [0.25, 0.3) is 11.8 Å². The number of carbonyl (C=O) groups is 3. The van der Waals surface area contributed by atoms with Gasteiger partial charge in [-0.05, 0) is 30.7 Å². The molecule has 0 atom stereocenters. The minimum atomic E-state index is -0.779. The van der Waals surface area contributed by atoms with E-state index in [4.69, 9.17) is 5.26 Å². The number of nitrogens with one attached hydrogen (secondary N) is 1. The predicted molar refractivity (Wildman–Crippen MR) is 108 cm³/mol. The maximum absolute atomic E-state index is 13.1. The fourth-order valence-electron chi connectivity index (χ4n) is 3.44. The van der Waals surface area contributed by atoms with Crippen LogP contribution in [0.15, 0.2) is 60.3 Å². The first-order chi connectivity index (χ1) is 14.0. The number of carbonyl (C=O) groups excluding carboxylic acids is 3. The Balaban J connectivity index is 1.83. The second-order valence-corrected chi connectivity index (χ2v) is 6.63. The molecule has 1 fully saturated rings. The second-order valence-electron chi connectivity index (χ2n) is 6.63. The minimum absolute atomic E-state index is 0.137. The Morgan fingerprint density at radius 1 is 1.07 bits per heavy atom. The van der Waals surface area contributed by atoms with E-state index in [1.54, 1.807) is 42.0 Å². The number of barbiturate groups is 1. The van der Waals surface area contributed by atoms with Crippen molar-refractivity contribution in [2.24, 2.45) is 0 Å². The van der Waals surface area contributed by atoms with E-state index in [1.165, 1.54) is 6.08 Å². The third-order valence-electron chi connectivity index (χ3n) is 4.82. The molecule has 4 rings (SSSR count).